The van der Waals surface area contributed by atoms with Crippen LogP contribution in [0.1, 0.15) is 23.2 Å². The minimum absolute atomic E-state index is 0.123. The van der Waals surface area contributed by atoms with Gasteiger partial charge in [-0.1, -0.05) is 18.2 Å². The van der Waals surface area contributed by atoms with Crippen molar-refractivity contribution in [1.82, 2.24) is 14.5 Å². The number of hydrogen-bond acceptors (Lipinski definition) is 6. The third kappa shape index (κ3) is 4.17. The first kappa shape index (κ1) is 21.8. The minimum Gasteiger partial charge on any atom is -0.497 e. The van der Waals surface area contributed by atoms with Gasteiger partial charge in [-0.2, -0.15) is 0 Å². The zero-order chi connectivity index (χ0) is 23.7. The van der Waals surface area contributed by atoms with Crippen LogP contribution in [-0.2, 0) is 7.05 Å². The average Bonchev–Trinajstić information content (AvgIpc) is 2.89. The van der Waals surface area contributed by atoms with E-state index in [0.29, 0.717) is 23.8 Å². The van der Waals surface area contributed by atoms with Gasteiger partial charge in [0.2, 0.25) is 5.95 Å². The van der Waals surface area contributed by atoms with E-state index in [1.807, 2.05) is 48.5 Å². The van der Waals surface area contributed by atoms with Gasteiger partial charge in [0.15, 0.2) is 5.78 Å². The Kier molecular flexibility index (Phi) is 5.84. The smallest absolute Gasteiger partial charge is 0.255 e. The number of nitrogens with zero attached hydrogens (tertiary/aromatic N) is 4. The molecule has 0 saturated carbocycles. The lowest BCUT2D eigenvalue weighted by Gasteiger charge is -2.33. The van der Waals surface area contributed by atoms with E-state index in [1.165, 1.54) is 6.07 Å². The van der Waals surface area contributed by atoms with Gasteiger partial charge in [0.1, 0.15) is 5.75 Å². The van der Waals surface area contributed by atoms with E-state index >= 15 is 0 Å². The molecule has 2 aromatic carbocycles. The number of benzene rings is 2. The summed E-state index contributed by atoms with van der Waals surface area (Å²) < 4.78 is 6.85. The number of carbonyl (C=O) groups is 1. The molecular weight excluding hydrogens is 428 g/mol. The van der Waals surface area contributed by atoms with E-state index in [-0.39, 0.29) is 17.3 Å². The number of aromatic nitrogens is 3. The Morgan fingerprint density at radius 2 is 1.79 bits per heavy atom. The number of rotatable bonds is 5. The van der Waals surface area contributed by atoms with Crippen molar-refractivity contribution in [3.63, 3.8) is 0 Å². The van der Waals surface area contributed by atoms with Crippen LogP contribution in [0.25, 0.3) is 22.0 Å². The summed E-state index contributed by atoms with van der Waals surface area (Å²) >= 11 is 0. The van der Waals surface area contributed by atoms with Crippen LogP contribution in [0.3, 0.4) is 0 Å². The summed E-state index contributed by atoms with van der Waals surface area (Å²) in [4.78, 5) is 37.0. The highest BCUT2D eigenvalue weighted by atomic mass is 16.5. The van der Waals surface area contributed by atoms with Crippen molar-refractivity contribution in [1.29, 1.82) is 0 Å². The van der Waals surface area contributed by atoms with Crippen molar-refractivity contribution in [2.75, 3.05) is 25.1 Å². The number of methoxy groups -OCH3 is 1. The number of ether oxygens (including phenoxy) is 1. The van der Waals surface area contributed by atoms with Crippen LogP contribution < -0.4 is 15.2 Å². The standard InChI is InChI=1S/C27H26N4O3/c1-30-25(32)16-24(18-9-11-28-12-10-18)29-27(30)31-13-3-4-22(17-31)26(33)21-6-5-20-15-23(34-2)8-7-19(20)14-21/h5-12,14-16,22H,3-4,13,17H2,1-2H3. The largest absolute Gasteiger partial charge is 0.497 e. The third-order valence-corrected chi connectivity index (χ3v) is 6.49. The normalized spacial score (nSPS) is 15.9. The van der Waals surface area contributed by atoms with Crippen LogP contribution in [0.4, 0.5) is 5.95 Å². The number of anilines is 1. The van der Waals surface area contributed by atoms with E-state index in [4.69, 9.17) is 9.72 Å². The molecule has 1 atom stereocenters. The molecule has 7 nitrogen and oxygen atoms in total. The number of carbonyl (C=O) groups excluding carboxylic acids is 1. The molecule has 0 N–H and O–H groups in total. The summed E-state index contributed by atoms with van der Waals surface area (Å²) in [6, 6.07) is 16.9. The predicted molar refractivity (Wildman–Crippen MR) is 132 cm³/mol. The Labute approximate surface area is 197 Å². The van der Waals surface area contributed by atoms with Crippen LogP contribution >= 0.6 is 0 Å². The van der Waals surface area contributed by atoms with Gasteiger partial charge in [-0.25, -0.2) is 4.98 Å². The maximum atomic E-state index is 13.4. The molecule has 0 aliphatic carbocycles. The lowest BCUT2D eigenvalue weighted by molar-refractivity contribution is 0.0907. The first-order chi connectivity index (χ1) is 16.5. The fraction of sp³-hybridized carbons (Fsp3) is 0.259. The van der Waals surface area contributed by atoms with Crippen LogP contribution in [-0.4, -0.2) is 40.5 Å². The van der Waals surface area contributed by atoms with E-state index in [9.17, 15) is 9.59 Å². The van der Waals surface area contributed by atoms with Gasteiger partial charge in [-0.05, 0) is 53.9 Å². The topological polar surface area (TPSA) is 77.3 Å². The number of hydrogen-bond donors (Lipinski definition) is 0. The summed E-state index contributed by atoms with van der Waals surface area (Å²) in [5, 5.41) is 2.04. The van der Waals surface area contributed by atoms with Crippen LogP contribution in [0.5, 0.6) is 5.75 Å². The van der Waals surface area contributed by atoms with Gasteiger partial charge < -0.3 is 9.64 Å². The molecule has 4 aromatic rings. The monoisotopic (exact) mass is 454 g/mol. The van der Waals surface area contributed by atoms with Gasteiger partial charge >= 0.3 is 0 Å². The number of piperidine rings is 1. The van der Waals surface area contributed by atoms with E-state index < -0.39 is 0 Å². The quantitative estimate of drug-likeness (QED) is 0.423. The summed E-state index contributed by atoms with van der Waals surface area (Å²) in [5.41, 5.74) is 2.03. The Hall–Kier alpha value is -4.00. The molecule has 3 heterocycles. The molecule has 1 unspecified atom stereocenters. The van der Waals surface area contributed by atoms with Crippen LogP contribution in [0.15, 0.2) is 71.8 Å². The Morgan fingerprint density at radius 3 is 2.59 bits per heavy atom. The summed E-state index contributed by atoms with van der Waals surface area (Å²) in [5.74, 6) is 1.34. The molecule has 34 heavy (non-hydrogen) atoms. The second-order valence-electron chi connectivity index (χ2n) is 8.65. The Bertz CT molecular complexity index is 1410. The first-order valence-corrected chi connectivity index (χ1v) is 11.4. The molecule has 0 radical (unpaired) electrons. The van der Waals surface area contributed by atoms with Gasteiger partial charge in [0.05, 0.1) is 12.8 Å². The van der Waals surface area contributed by atoms with Crippen molar-refractivity contribution in [2.45, 2.75) is 12.8 Å². The van der Waals surface area contributed by atoms with Gasteiger partial charge in [-0.3, -0.25) is 19.1 Å². The van der Waals surface area contributed by atoms with E-state index in [1.54, 1.807) is 31.1 Å². The lowest BCUT2D eigenvalue weighted by Crippen LogP contribution is -2.41. The van der Waals surface area contributed by atoms with Crippen LogP contribution in [0.2, 0.25) is 0 Å². The highest BCUT2D eigenvalue weighted by Crippen LogP contribution is 2.28. The fourth-order valence-electron chi connectivity index (χ4n) is 4.59. The average molecular weight is 455 g/mol. The molecule has 2 aromatic heterocycles. The molecular formula is C27H26N4O3. The van der Waals surface area contributed by atoms with E-state index in [2.05, 4.69) is 9.88 Å². The molecule has 7 heteroatoms. The fourth-order valence-corrected chi connectivity index (χ4v) is 4.59. The second-order valence-corrected chi connectivity index (χ2v) is 8.65. The Balaban J connectivity index is 1.42. The summed E-state index contributed by atoms with van der Waals surface area (Å²) in [6.07, 6.45) is 5.04. The van der Waals surface area contributed by atoms with Crippen LogP contribution in [0, 0.1) is 5.92 Å². The summed E-state index contributed by atoms with van der Waals surface area (Å²) in [7, 11) is 3.37. The molecule has 0 spiro atoms. The molecule has 5 rings (SSSR count). The van der Waals surface area contributed by atoms with Crippen molar-refractivity contribution >= 4 is 22.5 Å². The molecule has 172 valence electrons. The molecule has 1 aliphatic heterocycles. The van der Waals surface area contributed by atoms with E-state index in [0.717, 1.165) is 41.5 Å². The first-order valence-electron chi connectivity index (χ1n) is 11.4. The second kappa shape index (κ2) is 9.09. The van der Waals surface area contributed by atoms with Gasteiger partial charge in [0, 0.05) is 55.6 Å². The predicted octanol–water partition coefficient (Wildman–Crippen LogP) is 4.10. The molecule has 0 amide bonds. The number of Topliss-reactive ketones (excluding diaryl/α,β-unsaturated/α-hetero) is 1. The maximum absolute atomic E-state index is 13.4. The molecule has 1 fully saturated rings. The summed E-state index contributed by atoms with van der Waals surface area (Å²) in [6.45, 7) is 1.28. The highest BCUT2D eigenvalue weighted by Gasteiger charge is 2.29. The SMILES string of the molecule is COc1ccc2cc(C(=O)C3CCCN(c4nc(-c5ccncc5)cc(=O)n4C)C3)ccc2c1. The number of fused-ring (bicyclic) bond motifs is 1. The zero-order valence-electron chi connectivity index (χ0n) is 19.3. The Morgan fingerprint density at radius 1 is 1.03 bits per heavy atom. The van der Waals surface area contributed by atoms with Gasteiger partial charge in [0.25, 0.3) is 5.56 Å². The minimum atomic E-state index is -0.161. The lowest BCUT2D eigenvalue weighted by atomic mass is 9.89. The van der Waals surface area contributed by atoms with Crippen molar-refractivity contribution in [3.8, 4) is 17.0 Å². The van der Waals surface area contributed by atoms with Crippen molar-refractivity contribution < 1.29 is 9.53 Å². The highest BCUT2D eigenvalue weighted by molar-refractivity contribution is 6.01. The maximum Gasteiger partial charge on any atom is 0.255 e. The van der Waals surface area contributed by atoms with Crippen molar-refractivity contribution in [3.05, 3.63) is 82.9 Å². The molecule has 1 saturated heterocycles. The molecule has 1 aliphatic rings. The number of pyridine rings is 1. The molecule has 0 bridgehead atoms. The van der Waals surface area contributed by atoms with Gasteiger partial charge in [-0.15, -0.1) is 0 Å². The zero-order valence-corrected chi connectivity index (χ0v) is 19.3. The number of ketones is 1. The van der Waals surface area contributed by atoms with Crippen molar-refractivity contribution in [2.24, 2.45) is 13.0 Å². The third-order valence-electron chi connectivity index (χ3n) is 6.49.